The van der Waals surface area contributed by atoms with Crippen LogP contribution in [0.3, 0.4) is 0 Å². The van der Waals surface area contributed by atoms with Crippen LogP contribution in [0.25, 0.3) is 11.3 Å². The molecule has 3 rings (SSSR count). The lowest BCUT2D eigenvalue weighted by molar-refractivity contribution is 0.105. The Morgan fingerprint density at radius 2 is 1.08 bits per heavy atom. The van der Waals surface area contributed by atoms with E-state index in [0.717, 1.165) is 0 Å². The quantitative estimate of drug-likeness (QED) is 0.197. The van der Waals surface area contributed by atoms with Crippen LogP contribution in [0.2, 0.25) is 0 Å². The second-order valence-corrected chi connectivity index (χ2v) is 5.51. The van der Waals surface area contributed by atoms with Crippen LogP contribution in [-0.4, -0.2) is 13.3 Å². The molecule has 26 heavy (non-hydrogen) atoms. The van der Waals surface area contributed by atoms with Crippen molar-refractivity contribution in [3.63, 3.8) is 0 Å². The molecular weight excluding hydrogens is 333 g/mol. The van der Waals surface area contributed by atoms with E-state index >= 15 is 0 Å². The zero-order chi connectivity index (χ0) is 18.4. The topological polar surface area (TPSA) is 26.3 Å². The van der Waals surface area contributed by atoms with Gasteiger partial charge in [0.15, 0.2) is 5.78 Å². The fourth-order valence-electron chi connectivity index (χ4n) is 2.65. The SMILES string of the molecule is O=C(C(=C(OB(F)F)c1ccccc1)c1ccccc1)c1ccccc1. The van der Waals surface area contributed by atoms with Crippen molar-refractivity contribution < 1.29 is 18.1 Å². The fourth-order valence-corrected chi connectivity index (χ4v) is 2.65. The first-order valence-electron chi connectivity index (χ1n) is 8.06. The van der Waals surface area contributed by atoms with Gasteiger partial charge in [0.1, 0.15) is 5.76 Å². The molecule has 0 saturated carbocycles. The highest BCUT2D eigenvalue weighted by Gasteiger charge is 2.27. The Labute approximate surface area is 151 Å². The van der Waals surface area contributed by atoms with E-state index in [-0.39, 0.29) is 17.1 Å². The van der Waals surface area contributed by atoms with Gasteiger partial charge >= 0.3 is 7.47 Å². The van der Waals surface area contributed by atoms with Crippen molar-refractivity contribution in [3.8, 4) is 0 Å². The number of benzene rings is 3. The second kappa shape index (κ2) is 8.25. The molecule has 0 saturated heterocycles. The standard InChI is InChI=1S/C21H15BF2O2/c23-22(24)26-21(18-14-8-3-9-15-18)19(16-10-4-1-5-11-16)20(25)17-12-6-2-7-13-17/h1-15H. The molecule has 2 nitrogen and oxygen atoms in total. The maximum absolute atomic E-state index is 13.2. The zero-order valence-electron chi connectivity index (χ0n) is 13.8. The van der Waals surface area contributed by atoms with Crippen LogP contribution in [0.5, 0.6) is 0 Å². The summed E-state index contributed by atoms with van der Waals surface area (Å²) in [7, 11) is -3.05. The van der Waals surface area contributed by atoms with E-state index in [4.69, 9.17) is 4.65 Å². The number of hydrogen-bond donors (Lipinski definition) is 0. The van der Waals surface area contributed by atoms with Gasteiger partial charge in [-0.3, -0.25) is 4.79 Å². The highest BCUT2D eigenvalue weighted by atomic mass is 19.2. The third kappa shape index (κ3) is 4.06. The summed E-state index contributed by atoms with van der Waals surface area (Å²) in [5.74, 6) is -0.517. The number of ketones is 1. The van der Waals surface area contributed by atoms with Gasteiger partial charge in [0.05, 0.1) is 5.57 Å². The summed E-state index contributed by atoms with van der Waals surface area (Å²) in [6, 6.07) is 25.7. The van der Waals surface area contributed by atoms with Crippen molar-refractivity contribution in [2.45, 2.75) is 0 Å². The lowest BCUT2D eigenvalue weighted by atomic mass is 9.93. The number of rotatable bonds is 6. The molecule has 3 aromatic carbocycles. The normalized spacial score (nSPS) is 11.5. The first kappa shape index (κ1) is 17.6. The molecule has 128 valence electrons. The molecule has 0 aliphatic rings. The van der Waals surface area contributed by atoms with E-state index in [0.29, 0.717) is 16.7 Å². The summed E-state index contributed by atoms with van der Waals surface area (Å²) in [5, 5.41) is 0. The molecule has 0 amide bonds. The fraction of sp³-hybridized carbons (Fsp3) is 0. The molecule has 0 fully saturated rings. The zero-order valence-corrected chi connectivity index (χ0v) is 13.8. The summed E-state index contributed by atoms with van der Waals surface area (Å²) in [5.41, 5.74) is 1.43. The Morgan fingerprint density at radius 3 is 1.54 bits per heavy atom. The summed E-state index contributed by atoms with van der Waals surface area (Å²) in [6.45, 7) is 0. The molecule has 3 aromatic rings. The smallest absolute Gasteiger partial charge is 0.504 e. The maximum Gasteiger partial charge on any atom is 0.796 e. The molecule has 0 unspecified atom stereocenters. The van der Waals surface area contributed by atoms with Gasteiger partial charge in [-0.05, 0) is 5.56 Å². The van der Waals surface area contributed by atoms with E-state index in [1.54, 1.807) is 91.0 Å². The molecule has 0 aromatic heterocycles. The maximum atomic E-state index is 13.2. The Hall–Kier alpha value is -3.21. The highest BCUT2D eigenvalue weighted by Crippen LogP contribution is 2.31. The number of hydrogen-bond acceptors (Lipinski definition) is 2. The van der Waals surface area contributed by atoms with Crippen LogP contribution in [0.15, 0.2) is 91.0 Å². The summed E-state index contributed by atoms with van der Waals surface area (Å²) < 4.78 is 31.1. The third-order valence-corrected chi connectivity index (χ3v) is 3.80. The van der Waals surface area contributed by atoms with Gasteiger partial charge in [-0.15, -0.1) is 0 Å². The minimum Gasteiger partial charge on any atom is -0.504 e. The third-order valence-electron chi connectivity index (χ3n) is 3.80. The average Bonchev–Trinajstić information content (AvgIpc) is 2.69. The molecule has 0 heterocycles. The van der Waals surface area contributed by atoms with Crippen molar-refractivity contribution >= 4 is 24.6 Å². The van der Waals surface area contributed by atoms with E-state index in [2.05, 4.69) is 0 Å². The molecule has 0 bridgehead atoms. The summed E-state index contributed by atoms with van der Waals surface area (Å²) >= 11 is 0. The Kier molecular flexibility index (Phi) is 5.59. The Bertz CT molecular complexity index is 895. The van der Waals surface area contributed by atoms with Crippen LogP contribution in [0, 0.1) is 0 Å². The highest BCUT2D eigenvalue weighted by molar-refractivity contribution is 6.39. The Balaban J connectivity index is 2.25. The predicted molar refractivity (Wildman–Crippen MR) is 99.5 cm³/mol. The van der Waals surface area contributed by atoms with Crippen LogP contribution in [0.1, 0.15) is 21.5 Å². The second-order valence-electron chi connectivity index (χ2n) is 5.51. The molecule has 0 aliphatic heterocycles. The van der Waals surface area contributed by atoms with Gasteiger partial charge in [-0.1, -0.05) is 91.0 Å². The molecule has 0 N–H and O–H groups in total. The van der Waals surface area contributed by atoms with Gasteiger partial charge in [0.2, 0.25) is 0 Å². The molecule has 0 spiro atoms. The van der Waals surface area contributed by atoms with Crippen LogP contribution in [0.4, 0.5) is 8.63 Å². The van der Waals surface area contributed by atoms with Gasteiger partial charge < -0.3 is 4.65 Å². The Morgan fingerprint density at radius 1 is 0.654 bits per heavy atom. The molecule has 0 atom stereocenters. The largest absolute Gasteiger partial charge is 0.796 e. The van der Waals surface area contributed by atoms with E-state index in [9.17, 15) is 13.4 Å². The van der Waals surface area contributed by atoms with Crippen molar-refractivity contribution in [2.75, 3.05) is 0 Å². The minimum absolute atomic E-state index is 0.100. The van der Waals surface area contributed by atoms with Crippen LogP contribution < -0.4 is 0 Å². The van der Waals surface area contributed by atoms with E-state index < -0.39 is 7.47 Å². The monoisotopic (exact) mass is 348 g/mol. The minimum atomic E-state index is -3.05. The van der Waals surface area contributed by atoms with Gasteiger partial charge in [0, 0.05) is 11.1 Å². The molecule has 0 radical (unpaired) electrons. The number of Topliss-reactive ketones (excluding diaryl/α,β-unsaturated/α-hetero) is 1. The summed E-state index contributed by atoms with van der Waals surface area (Å²) in [4.78, 5) is 13.2. The molecule has 0 aliphatic carbocycles. The van der Waals surface area contributed by atoms with Crippen LogP contribution >= 0.6 is 0 Å². The van der Waals surface area contributed by atoms with Crippen molar-refractivity contribution in [1.82, 2.24) is 0 Å². The lowest BCUT2D eigenvalue weighted by Crippen LogP contribution is -2.11. The lowest BCUT2D eigenvalue weighted by Gasteiger charge is -2.16. The average molecular weight is 348 g/mol. The molecular formula is C21H15BF2O2. The van der Waals surface area contributed by atoms with E-state index in [1.165, 1.54) is 0 Å². The molecule has 5 heteroatoms. The summed E-state index contributed by atoms with van der Waals surface area (Å²) in [6.07, 6.45) is 0. The van der Waals surface area contributed by atoms with Gasteiger partial charge in [-0.25, -0.2) is 8.63 Å². The van der Waals surface area contributed by atoms with Gasteiger partial charge in [-0.2, -0.15) is 0 Å². The van der Waals surface area contributed by atoms with Crippen molar-refractivity contribution in [3.05, 3.63) is 108 Å². The predicted octanol–water partition coefficient (Wildman–Crippen LogP) is 5.38. The number of carbonyl (C=O) groups excluding carboxylic acids is 1. The number of carbonyl (C=O) groups is 1. The van der Waals surface area contributed by atoms with Crippen LogP contribution in [-0.2, 0) is 4.65 Å². The van der Waals surface area contributed by atoms with Gasteiger partial charge in [0.25, 0.3) is 0 Å². The first-order chi connectivity index (χ1) is 12.7. The van der Waals surface area contributed by atoms with Crippen molar-refractivity contribution in [2.24, 2.45) is 0 Å². The van der Waals surface area contributed by atoms with E-state index in [1.807, 2.05) is 0 Å². The van der Waals surface area contributed by atoms with Crippen molar-refractivity contribution in [1.29, 1.82) is 0 Å². The number of halogens is 2. The number of allylic oxidation sites excluding steroid dienone is 1. The first-order valence-corrected chi connectivity index (χ1v) is 8.06.